The highest BCUT2D eigenvalue weighted by molar-refractivity contribution is 7.98. The first kappa shape index (κ1) is 16.5. The molecule has 2 aromatic rings. The van der Waals surface area contributed by atoms with Crippen molar-refractivity contribution in [3.63, 3.8) is 0 Å². The molecule has 0 amide bonds. The Labute approximate surface area is 134 Å². The zero-order chi connectivity index (χ0) is 15.1. The van der Waals surface area contributed by atoms with E-state index < -0.39 is 0 Å². The third-order valence-electron chi connectivity index (χ3n) is 3.02. The molecule has 2 rings (SSSR count). The molecule has 0 radical (unpaired) electrons. The molecule has 0 unspecified atom stereocenters. The summed E-state index contributed by atoms with van der Waals surface area (Å²) < 4.78 is 12.9. The Morgan fingerprint density at radius 3 is 2.67 bits per heavy atom. The highest BCUT2D eigenvalue weighted by Crippen LogP contribution is 2.27. The van der Waals surface area contributed by atoms with Gasteiger partial charge in [0.05, 0.1) is 11.4 Å². The van der Waals surface area contributed by atoms with Gasteiger partial charge in [-0.3, -0.25) is 0 Å². The number of benzene rings is 1. The van der Waals surface area contributed by atoms with Crippen molar-refractivity contribution >= 4 is 23.1 Å². The fourth-order valence-electron chi connectivity index (χ4n) is 1.98. The second kappa shape index (κ2) is 8.51. The molecule has 0 saturated carbocycles. The summed E-state index contributed by atoms with van der Waals surface area (Å²) in [7, 11) is 0. The number of rotatable bonds is 8. The average Bonchev–Trinajstić information content (AvgIpc) is 2.87. The molecule has 21 heavy (non-hydrogen) atoms. The van der Waals surface area contributed by atoms with E-state index in [1.54, 1.807) is 23.1 Å². The average molecular weight is 324 g/mol. The Kier molecular flexibility index (Phi) is 6.67. The molecule has 1 aromatic carbocycles. The Balaban J connectivity index is 2.00. The molecular formula is C16H21FN2S2. The number of thioether (sulfide) groups is 1. The summed E-state index contributed by atoms with van der Waals surface area (Å²) >= 11 is 3.50. The van der Waals surface area contributed by atoms with Crippen molar-refractivity contribution < 1.29 is 4.39 Å². The monoisotopic (exact) mass is 324 g/mol. The number of aryl methyl sites for hydroxylation is 1. The quantitative estimate of drug-likeness (QED) is 0.716. The smallest absolute Gasteiger partial charge is 0.123 e. The van der Waals surface area contributed by atoms with Gasteiger partial charge in [-0.1, -0.05) is 20.3 Å². The van der Waals surface area contributed by atoms with Crippen LogP contribution >= 0.6 is 23.1 Å². The zero-order valence-corrected chi connectivity index (χ0v) is 14.1. The van der Waals surface area contributed by atoms with E-state index in [1.807, 2.05) is 12.1 Å². The highest BCUT2D eigenvalue weighted by Gasteiger charge is 2.10. The van der Waals surface area contributed by atoms with Crippen LogP contribution in [0.4, 0.5) is 4.39 Å². The lowest BCUT2D eigenvalue weighted by Gasteiger charge is -2.00. The Morgan fingerprint density at radius 2 is 2.00 bits per heavy atom. The summed E-state index contributed by atoms with van der Waals surface area (Å²) in [5, 5.41) is 4.53. The van der Waals surface area contributed by atoms with Gasteiger partial charge in [-0.2, -0.15) is 0 Å². The van der Waals surface area contributed by atoms with Crippen molar-refractivity contribution in [3.05, 3.63) is 45.7 Å². The molecule has 2 nitrogen and oxygen atoms in total. The predicted octanol–water partition coefficient (Wildman–Crippen LogP) is 4.64. The Bertz CT molecular complexity index is 552. The van der Waals surface area contributed by atoms with E-state index in [9.17, 15) is 4.39 Å². The fourth-order valence-corrected chi connectivity index (χ4v) is 3.96. The topological polar surface area (TPSA) is 24.9 Å². The second-order valence-corrected chi connectivity index (χ2v) is 6.97. The van der Waals surface area contributed by atoms with Gasteiger partial charge >= 0.3 is 0 Å². The number of halogens is 1. The summed E-state index contributed by atoms with van der Waals surface area (Å²) in [6.45, 7) is 6.18. The van der Waals surface area contributed by atoms with E-state index >= 15 is 0 Å². The summed E-state index contributed by atoms with van der Waals surface area (Å²) in [5.74, 6) is 0.658. The van der Waals surface area contributed by atoms with Gasteiger partial charge in [0.25, 0.3) is 0 Å². The lowest BCUT2D eigenvalue weighted by atomic mass is 10.2. The van der Waals surface area contributed by atoms with Crippen LogP contribution in [0.1, 0.15) is 35.8 Å². The van der Waals surface area contributed by atoms with E-state index in [-0.39, 0.29) is 5.82 Å². The summed E-state index contributed by atoms with van der Waals surface area (Å²) in [6.07, 6.45) is 2.16. The molecular weight excluding hydrogens is 303 g/mol. The summed E-state index contributed by atoms with van der Waals surface area (Å²) in [5.41, 5.74) is 1.23. The van der Waals surface area contributed by atoms with Gasteiger partial charge in [0.2, 0.25) is 0 Å². The standard InChI is InChI=1S/C16H21FN2S2/c1-3-5-14-15(10-18-4-2)21-16(19-14)11-20-13-8-6-12(17)7-9-13/h6-9,18H,3-5,10-11H2,1-2H3. The van der Waals surface area contributed by atoms with Crippen molar-refractivity contribution in [3.8, 4) is 0 Å². The van der Waals surface area contributed by atoms with Crippen LogP contribution in [-0.2, 0) is 18.7 Å². The minimum absolute atomic E-state index is 0.188. The molecule has 1 heterocycles. The van der Waals surface area contributed by atoms with Crippen LogP contribution in [0.25, 0.3) is 0 Å². The Morgan fingerprint density at radius 1 is 1.24 bits per heavy atom. The summed E-state index contributed by atoms with van der Waals surface area (Å²) in [4.78, 5) is 7.20. The molecule has 0 saturated heterocycles. The largest absolute Gasteiger partial charge is 0.312 e. The van der Waals surface area contributed by atoms with Crippen LogP contribution < -0.4 is 5.32 Å². The molecule has 114 valence electrons. The number of hydrogen-bond donors (Lipinski definition) is 1. The van der Waals surface area contributed by atoms with Crippen molar-refractivity contribution in [2.24, 2.45) is 0 Å². The molecule has 5 heteroatoms. The van der Waals surface area contributed by atoms with Crippen LogP contribution in [0.3, 0.4) is 0 Å². The molecule has 0 aliphatic rings. The third-order valence-corrected chi connectivity index (χ3v) is 5.32. The number of thiazole rings is 1. The lowest BCUT2D eigenvalue weighted by Crippen LogP contribution is -2.11. The van der Waals surface area contributed by atoms with Crippen molar-refractivity contribution in [2.45, 2.75) is 43.9 Å². The Hall–Kier alpha value is -0.910. The van der Waals surface area contributed by atoms with Crippen LogP contribution in [0.5, 0.6) is 0 Å². The van der Waals surface area contributed by atoms with Crippen LogP contribution in [0.2, 0.25) is 0 Å². The van der Waals surface area contributed by atoms with Gasteiger partial charge in [0.15, 0.2) is 0 Å². The maximum absolute atomic E-state index is 12.9. The van der Waals surface area contributed by atoms with Crippen LogP contribution in [-0.4, -0.2) is 11.5 Å². The summed E-state index contributed by atoms with van der Waals surface area (Å²) in [6, 6.07) is 6.65. The predicted molar refractivity (Wildman–Crippen MR) is 89.5 cm³/mol. The first-order chi connectivity index (χ1) is 10.2. The van der Waals surface area contributed by atoms with E-state index in [0.29, 0.717) is 0 Å². The maximum atomic E-state index is 12.9. The third kappa shape index (κ3) is 5.09. The molecule has 0 aliphatic carbocycles. The van der Waals surface area contributed by atoms with Gasteiger partial charge in [-0.25, -0.2) is 9.37 Å². The van der Waals surface area contributed by atoms with Crippen molar-refractivity contribution in [1.29, 1.82) is 0 Å². The normalized spacial score (nSPS) is 11.0. The van der Waals surface area contributed by atoms with Crippen molar-refractivity contribution in [1.82, 2.24) is 10.3 Å². The highest BCUT2D eigenvalue weighted by atomic mass is 32.2. The molecule has 1 N–H and O–H groups in total. The van der Waals surface area contributed by atoms with Crippen molar-refractivity contribution in [2.75, 3.05) is 6.54 Å². The van der Waals surface area contributed by atoms with E-state index in [4.69, 9.17) is 4.98 Å². The van der Waals surface area contributed by atoms with Crippen LogP contribution in [0.15, 0.2) is 29.2 Å². The first-order valence-electron chi connectivity index (χ1n) is 7.29. The maximum Gasteiger partial charge on any atom is 0.123 e. The van der Waals surface area contributed by atoms with Gasteiger partial charge in [0, 0.05) is 16.3 Å². The van der Waals surface area contributed by atoms with Gasteiger partial charge in [-0.15, -0.1) is 23.1 Å². The first-order valence-corrected chi connectivity index (χ1v) is 9.09. The number of aromatic nitrogens is 1. The van der Waals surface area contributed by atoms with Crippen LogP contribution in [0, 0.1) is 5.82 Å². The molecule has 0 spiro atoms. The fraction of sp³-hybridized carbons (Fsp3) is 0.438. The van der Waals surface area contributed by atoms with Gasteiger partial charge < -0.3 is 5.32 Å². The number of nitrogens with zero attached hydrogens (tertiary/aromatic N) is 1. The molecule has 0 atom stereocenters. The lowest BCUT2D eigenvalue weighted by molar-refractivity contribution is 0.626. The molecule has 0 aliphatic heterocycles. The van der Waals surface area contributed by atoms with Gasteiger partial charge in [-0.05, 0) is 37.2 Å². The number of nitrogens with one attached hydrogen (secondary N) is 1. The minimum atomic E-state index is -0.188. The molecule has 1 aromatic heterocycles. The van der Waals surface area contributed by atoms with Gasteiger partial charge in [0.1, 0.15) is 10.8 Å². The van der Waals surface area contributed by atoms with E-state index in [0.717, 1.165) is 41.6 Å². The SMILES string of the molecule is CCCc1nc(CSc2ccc(F)cc2)sc1CNCC. The second-order valence-electron chi connectivity index (χ2n) is 4.75. The number of hydrogen-bond acceptors (Lipinski definition) is 4. The van der Waals surface area contributed by atoms with E-state index in [2.05, 4.69) is 19.2 Å². The molecule has 0 fully saturated rings. The van der Waals surface area contributed by atoms with E-state index in [1.165, 1.54) is 22.7 Å². The minimum Gasteiger partial charge on any atom is -0.312 e. The zero-order valence-electron chi connectivity index (χ0n) is 12.5. The molecule has 0 bridgehead atoms.